The Kier molecular flexibility index (Phi) is 5.06. The van der Waals surface area contributed by atoms with Crippen molar-refractivity contribution < 1.29 is 9.53 Å². The van der Waals surface area contributed by atoms with Crippen LogP contribution in [0, 0.1) is 6.92 Å². The molecule has 4 rings (SSSR count). The van der Waals surface area contributed by atoms with Crippen molar-refractivity contribution in [3.05, 3.63) is 65.9 Å². The number of piperidine rings is 1. The standard InChI is InChI=1S/C21H23N5O2/c1-15-6-3-4-8-19(15)28-20-13-22-12-18(23-20)16-7-5-10-26(14-16)21(27)17-9-11-25(2)24-17/h3-4,6,8-9,11-13,16H,5,7,10,14H2,1-2H3/t16-/m0/s1. The van der Waals surface area contributed by atoms with Crippen LogP contribution >= 0.6 is 0 Å². The van der Waals surface area contributed by atoms with Crippen molar-refractivity contribution in [2.24, 2.45) is 7.05 Å². The molecule has 0 bridgehead atoms. The van der Waals surface area contributed by atoms with Gasteiger partial charge in [-0.05, 0) is 37.5 Å². The fraction of sp³-hybridized carbons (Fsp3) is 0.333. The molecule has 1 aromatic carbocycles. The number of hydrogen-bond acceptors (Lipinski definition) is 5. The molecule has 7 heteroatoms. The van der Waals surface area contributed by atoms with Crippen LogP contribution in [-0.2, 0) is 7.05 Å². The molecule has 1 aliphatic heterocycles. The van der Waals surface area contributed by atoms with Gasteiger partial charge in [-0.3, -0.25) is 14.5 Å². The molecule has 0 N–H and O–H groups in total. The van der Waals surface area contributed by atoms with Crippen LogP contribution in [0.3, 0.4) is 0 Å². The molecule has 1 fully saturated rings. The Balaban J connectivity index is 1.49. The zero-order chi connectivity index (χ0) is 19.5. The Morgan fingerprint density at radius 3 is 2.86 bits per heavy atom. The largest absolute Gasteiger partial charge is 0.437 e. The van der Waals surface area contributed by atoms with E-state index in [1.807, 2.05) is 43.1 Å². The average molecular weight is 377 g/mol. The minimum atomic E-state index is -0.0365. The number of carbonyl (C=O) groups is 1. The number of rotatable bonds is 4. The maximum Gasteiger partial charge on any atom is 0.274 e. The highest BCUT2D eigenvalue weighted by molar-refractivity contribution is 5.92. The van der Waals surface area contributed by atoms with E-state index < -0.39 is 0 Å². The van der Waals surface area contributed by atoms with Gasteiger partial charge in [0.2, 0.25) is 5.88 Å². The van der Waals surface area contributed by atoms with Gasteiger partial charge in [0, 0.05) is 38.4 Å². The lowest BCUT2D eigenvalue weighted by Crippen LogP contribution is -2.39. The first-order chi connectivity index (χ1) is 13.6. The first-order valence-corrected chi connectivity index (χ1v) is 9.44. The number of benzene rings is 1. The molecule has 1 amide bonds. The minimum Gasteiger partial charge on any atom is -0.437 e. The zero-order valence-corrected chi connectivity index (χ0v) is 16.1. The number of para-hydroxylation sites is 1. The highest BCUT2D eigenvalue weighted by atomic mass is 16.5. The summed E-state index contributed by atoms with van der Waals surface area (Å²) < 4.78 is 7.57. The van der Waals surface area contributed by atoms with Crippen molar-refractivity contribution in [1.82, 2.24) is 24.6 Å². The average Bonchev–Trinajstić information content (AvgIpc) is 3.16. The molecule has 144 valence electrons. The lowest BCUT2D eigenvalue weighted by atomic mass is 9.95. The topological polar surface area (TPSA) is 73.1 Å². The first-order valence-electron chi connectivity index (χ1n) is 9.44. The Labute approximate surface area is 164 Å². The zero-order valence-electron chi connectivity index (χ0n) is 16.1. The van der Waals surface area contributed by atoms with Crippen LogP contribution < -0.4 is 4.74 Å². The van der Waals surface area contributed by atoms with E-state index in [2.05, 4.69) is 15.1 Å². The van der Waals surface area contributed by atoms with E-state index in [0.29, 0.717) is 18.1 Å². The molecule has 0 radical (unpaired) electrons. The van der Waals surface area contributed by atoms with Gasteiger partial charge in [0.1, 0.15) is 11.4 Å². The van der Waals surface area contributed by atoms with Gasteiger partial charge in [-0.15, -0.1) is 0 Å². The summed E-state index contributed by atoms with van der Waals surface area (Å²) in [5, 5.41) is 4.23. The van der Waals surface area contributed by atoms with Gasteiger partial charge < -0.3 is 9.64 Å². The molecule has 7 nitrogen and oxygen atoms in total. The lowest BCUT2D eigenvalue weighted by molar-refractivity contribution is 0.0699. The second-order valence-electron chi connectivity index (χ2n) is 7.11. The molecular formula is C21H23N5O2. The molecule has 1 atom stereocenters. The first kappa shape index (κ1) is 18.2. The van der Waals surface area contributed by atoms with Crippen molar-refractivity contribution in [3.63, 3.8) is 0 Å². The molecule has 28 heavy (non-hydrogen) atoms. The third kappa shape index (κ3) is 3.88. The Morgan fingerprint density at radius 1 is 1.21 bits per heavy atom. The summed E-state index contributed by atoms with van der Waals surface area (Å²) in [4.78, 5) is 23.6. The number of ether oxygens (including phenoxy) is 1. The number of aromatic nitrogens is 4. The molecule has 0 aliphatic carbocycles. The highest BCUT2D eigenvalue weighted by Crippen LogP contribution is 2.28. The Morgan fingerprint density at radius 2 is 2.07 bits per heavy atom. The van der Waals surface area contributed by atoms with Crippen LogP contribution in [0.2, 0.25) is 0 Å². The SMILES string of the molecule is Cc1ccccc1Oc1cncc([C@H]2CCCN(C(=O)c3ccn(C)n3)C2)n1. The second-order valence-corrected chi connectivity index (χ2v) is 7.11. The predicted molar refractivity (Wildman–Crippen MR) is 104 cm³/mol. The van der Waals surface area contributed by atoms with Crippen LogP contribution in [0.5, 0.6) is 11.6 Å². The van der Waals surface area contributed by atoms with Crippen molar-refractivity contribution in [3.8, 4) is 11.6 Å². The summed E-state index contributed by atoms with van der Waals surface area (Å²) in [6.07, 6.45) is 7.06. The van der Waals surface area contributed by atoms with Gasteiger partial charge in [-0.25, -0.2) is 4.98 Å². The maximum atomic E-state index is 12.7. The molecule has 0 saturated carbocycles. The molecule has 1 aliphatic rings. The number of amides is 1. The number of carbonyl (C=O) groups excluding carboxylic acids is 1. The molecule has 2 aromatic heterocycles. The molecule has 3 aromatic rings. The van der Waals surface area contributed by atoms with Gasteiger partial charge in [0.25, 0.3) is 5.91 Å². The van der Waals surface area contributed by atoms with E-state index in [9.17, 15) is 4.79 Å². The van der Waals surface area contributed by atoms with E-state index in [-0.39, 0.29) is 11.8 Å². The number of likely N-dealkylation sites (tertiary alicyclic amines) is 1. The number of hydrogen-bond donors (Lipinski definition) is 0. The van der Waals surface area contributed by atoms with E-state index in [4.69, 9.17) is 4.74 Å². The Hall–Kier alpha value is -3.22. The third-order valence-electron chi connectivity index (χ3n) is 5.00. The van der Waals surface area contributed by atoms with Gasteiger partial charge in [0.15, 0.2) is 0 Å². The van der Waals surface area contributed by atoms with Crippen molar-refractivity contribution in [2.75, 3.05) is 13.1 Å². The third-order valence-corrected chi connectivity index (χ3v) is 5.00. The smallest absolute Gasteiger partial charge is 0.274 e. The number of nitrogens with zero attached hydrogens (tertiary/aromatic N) is 5. The van der Waals surface area contributed by atoms with Crippen molar-refractivity contribution in [1.29, 1.82) is 0 Å². The highest BCUT2D eigenvalue weighted by Gasteiger charge is 2.27. The molecule has 1 saturated heterocycles. The van der Waals surface area contributed by atoms with Crippen LogP contribution in [-0.4, -0.2) is 43.6 Å². The minimum absolute atomic E-state index is 0.0365. The van der Waals surface area contributed by atoms with Crippen LogP contribution in [0.25, 0.3) is 0 Å². The van der Waals surface area contributed by atoms with Gasteiger partial charge in [-0.1, -0.05) is 18.2 Å². The van der Waals surface area contributed by atoms with Gasteiger partial charge >= 0.3 is 0 Å². The van der Waals surface area contributed by atoms with E-state index in [1.54, 1.807) is 29.3 Å². The normalized spacial score (nSPS) is 16.8. The van der Waals surface area contributed by atoms with Crippen LogP contribution in [0.15, 0.2) is 48.9 Å². The van der Waals surface area contributed by atoms with Crippen LogP contribution in [0.1, 0.15) is 40.5 Å². The quantitative estimate of drug-likeness (QED) is 0.697. The van der Waals surface area contributed by atoms with Crippen molar-refractivity contribution in [2.45, 2.75) is 25.7 Å². The monoisotopic (exact) mass is 377 g/mol. The second kappa shape index (κ2) is 7.80. The molecule has 3 heterocycles. The molecule has 0 spiro atoms. The predicted octanol–water partition coefficient (Wildman–Crippen LogP) is 3.33. The summed E-state index contributed by atoms with van der Waals surface area (Å²) in [5.74, 6) is 1.34. The van der Waals surface area contributed by atoms with E-state index in [1.165, 1.54) is 0 Å². The molecular weight excluding hydrogens is 354 g/mol. The summed E-state index contributed by atoms with van der Waals surface area (Å²) in [6, 6.07) is 9.57. The summed E-state index contributed by atoms with van der Waals surface area (Å²) in [6.45, 7) is 3.34. The van der Waals surface area contributed by atoms with Gasteiger partial charge in [0.05, 0.1) is 11.9 Å². The fourth-order valence-corrected chi connectivity index (χ4v) is 3.49. The summed E-state index contributed by atoms with van der Waals surface area (Å²) in [5.41, 5.74) is 2.37. The maximum absolute atomic E-state index is 12.7. The lowest BCUT2D eigenvalue weighted by Gasteiger charge is -2.32. The Bertz CT molecular complexity index is 984. The van der Waals surface area contributed by atoms with E-state index in [0.717, 1.165) is 36.4 Å². The summed E-state index contributed by atoms with van der Waals surface area (Å²) >= 11 is 0. The summed E-state index contributed by atoms with van der Waals surface area (Å²) in [7, 11) is 1.81. The molecule has 0 unspecified atom stereocenters. The fourth-order valence-electron chi connectivity index (χ4n) is 3.49. The van der Waals surface area contributed by atoms with Crippen molar-refractivity contribution >= 4 is 5.91 Å². The van der Waals surface area contributed by atoms with E-state index >= 15 is 0 Å². The van der Waals surface area contributed by atoms with Crippen LogP contribution in [0.4, 0.5) is 0 Å². The van der Waals surface area contributed by atoms with Gasteiger partial charge in [-0.2, -0.15) is 5.10 Å². The number of aryl methyl sites for hydroxylation is 2.